The summed E-state index contributed by atoms with van der Waals surface area (Å²) in [6.07, 6.45) is 1.66. The SMILES string of the molecule is CCNC(CSc1ccc(F)cc1)c1c(Cl)cnn1C. The van der Waals surface area contributed by atoms with Gasteiger partial charge in [0.05, 0.1) is 23.0 Å². The summed E-state index contributed by atoms with van der Waals surface area (Å²) in [4.78, 5) is 1.03. The van der Waals surface area contributed by atoms with Crippen molar-refractivity contribution in [3.05, 3.63) is 47.0 Å². The molecule has 3 nitrogen and oxygen atoms in total. The van der Waals surface area contributed by atoms with Crippen molar-refractivity contribution in [1.29, 1.82) is 0 Å². The molecule has 1 heterocycles. The van der Waals surface area contributed by atoms with E-state index in [1.807, 2.05) is 7.05 Å². The van der Waals surface area contributed by atoms with Crippen LogP contribution in [0.2, 0.25) is 5.02 Å². The Hall–Kier alpha value is -1.04. The highest BCUT2D eigenvalue weighted by atomic mass is 35.5. The third-order valence-corrected chi connectivity index (χ3v) is 4.35. The van der Waals surface area contributed by atoms with E-state index in [4.69, 9.17) is 11.6 Å². The minimum atomic E-state index is -0.215. The first-order chi connectivity index (χ1) is 9.61. The van der Waals surface area contributed by atoms with Gasteiger partial charge in [0.25, 0.3) is 0 Å². The van der Waals surface area contributed by atoms with Gasteiger partial charge in [0.2, 0.25) is 0 Å². The Balaban J connectivity index is 2.08. The van der Waals surface area contributed by atoms with Crippen LogP contribution in [0.15, 0.2) is 35.4 Å². The Labute approximate surface area is 127 Å². The van der Waals surface area contributed by atoms with Crippen molar-refractivity contribution in [2.45, 2.75) is 17.9 Å². The molecule has 0 saturated heterocycles. The molecule has 0 saturated carbocycles. The average Bonchev–Trinajstić information content (AvgIpc) is 2.76. The second-order valence-electron chi connectivity index (χ2n) is 4.38. The van der Waals surface area contributed by atoms with E-state index in [0.717, 1.165) is 22.9 Å². The molecule has 20 heavy (non-hydrogen) atoms. The fraction of sp³-hybridized carbons (Fsp3) is 0.357. The van der Waals surface area contributed by atoms with Crippen LogP contribution in [0.1, 0.15) is 18.7 Å². The third-order valence-electron chi connectivity index (χ3n) is 2.95. The average molecular weight is 314 g/mol. The van der Waals surface area contributed by atoms with Gasteiger partial charge in [-0.1, -0.05) is 18.5 Å². The molecule has 2 aromatic rings. The Bertz CT molecular complexity index is 537. The van der Waals surface area contributed by atoms with Crippen LogP contribution in [0.3, 0.4) is 0 Å². The van der Waals surface area contributed by atoms with Gasteiger partial charge in [0.15, 0.2) is 0 Å². The van der Waals surface area contributed by atoms with E-state index >= 15 is 0 Å². The summed E-state index contributed by atoms with van der Waals surface area (Å²) in [6.45, 7) is 2.90. The van der Waals surface area contributed by atoms with Gasteiger partial charge in [-0.15, -0.1) is 11.8 Å². The van der Waals surface area contributed by atoms with Crippen LogP contribution in [0.25, 0.3) is 0 Å². The molecule has 0 spiro atoms. The van der Waals surface area contributed by atoms with Crippen LogP contribution < -0.4 is 5.32 Å². The standard InChI is InChI=1S/C14H17ClFN3S/c1-3-17-13(14-12(15)8-18-19(14)2)9-20-11-6-4-10(16)5-7-11/h4-8,13,17H,3,9H2,1-2H3. The number of hydrogen-bond acceptors (Lipinski definition) is 3. The number of aryl methyl sites for hydroxylation is 1. The third kappa shape index (κ3) is 3.75. The van der Waals surface area contributed by atoms with E-state index in [2.05, 4.69) is 17.3 Å². The van der Waals surface area contributed by atoms with Crippen LogP contribution in [0, 0.1) is 5.82 Å². The number of benzene rings is 1. The first-order valence-corrected chi connectivity index (χ1v) is 7.77. The monoisotopic (exact) mass is 313 g/mol. The number of aromatic nitrogens is 2. The maximum Gasteiger partial charge on any atom is 0.123 e. The second-order valence-corrected chi connectivity index (χ2v) is 5.88. The lowest BCUT2D eigenvalue weighted by Crippen LogP contribution is -2.25. The summed E-state index contributed by atoms with van der Waals surface area (Å²) in [5.74, 6) is 0.589. The van der Waals surface area contributed by atoms with Gasteiger partial charge in [-0.3, -0.25) is 4.68 Å². The Morgan fingerprint density at radius 3 is 2.65 bits per heavy atom. The molecule has 1 aromatic carbocycles. The first kappa shape index (κ1) is 15.4. The van der Waals surface area contributed by atoms with E-state index in [9.17, 15) is 4.39 Å². The van der Waals surface area contributed by atoms with E-state index in [0.29, 0.717) is 5.02 Å². The molecule has 1 atom stereocenters. The molecule has 0 amide bonds. The van der Waals surface area contributed by atoms with Gasteiger partial charge < -0.3 is 5.32 Å². The summed E-state index contributed by atoms with van der Waals surface area (Å²) in [5.41, 5.74) is 0.975. The zero-order valence-electron chi connectivity index (χ0n) is 11.4. The van der Waals surface area contributed by atoms with Crippen LogP contribution in [-0.2, 0) is 7.05 Å². The van der Waals surface area contributed by atoms with Gasteiger partial charge in [-0.2, -0.15) is 5.10 Å². The minimum Gasteiger partial charge on any atom is -0.308 e. The van der Waals surface area contributed by atoms with Gasteiger partial charge in [0, 0.05) is 17.7 Å². The molecule has 0 aliphatic heterocycles. The second kappa shape index (κ2) is 7.11. The predicted octanol–water partition coefficient (Wildman–Crippen LogP) is 3.66. The van der Waals surface area contributed by atoms with E-state index in [-0.39, 0.29) is 11.9 Å². The maximum absolute atomic E-state index is 12.9. The highest BCUT2D eigenvalue weighted by Gasteiger charge is 2.18. The van der Waals surface area contributed by atoms with Crippen molar-refractivity contribution < 1.29 is 4.39 Å². The highest BCUT2D eigenvalue weighted by molar-refractivity contribution is 7.99. The summed E-state index contributed by atoms with van der Waals surface area (Å²) < 4.78 is 14.7. The van der Waals surface area contributed by atoms with E-state index < -0.39 is 0 Å². The lowest BCUT2D eigenvalue weighted by atomic mass is 10.2. The van der Waals surface area contributed by atoms with Crippen molar-refractivity contribution >= 4 is 23.4 Å². The van der Waals surface area contributed by atoms with Crippen LogP contribution in [-0.4, -0.2) is 22.1 Å². The van der Waals surface area contributed by atoms with Crippen LogP contribution in [0.4, 0.5) is 4.39 Å². The Morgan fingerprint density at radius 2 is 2.10 bits per heavy atom. The Morgan fingerprint density at radius 1 is 1.40 bits per heavy atom. The maximum atomic E-state index is 12.9. The van der Waals surface area contributed by atoms with Crippen molar-refractivity contribution in [3.8, 4) is 0 Å². The van der Waals surface area contributed by atoms with E-state index in [1.165, 1.54) is 12.1 Å². The largest absolute Gasteiger partial charge is 0.308 e. The molecular weight excluding hydrogens is 297 g/mol. The molecule has 0 aliphatic carbocycles. The molecule has 6 heteroatoms. The molecule has 108 valence electrons. The van der Waals surface area contributed by atoms with Crippen LogP contribution >= 0.6 is 23.4 Å². The van der Waals surface area contributed by atoms with Crippen molar-refractivity contribution in [1.82, 2.24) is 15.1 Å². The normalized spacial score (nSPS) is 12.6. The molecule has 2 rings (SSSR count). The molecule has 1 aromatic heterocycles. The molecule has 0 radical (unpaired) electrons. The molecular formula is C14H17ClFN3S. The number of hydrogen-bond donors (Lipinski definition) is 1. The Kier molecular flexibility index (Phi) is 5.46. The minimum absolute atomic E-state index is 0.107. The topological polar surface area (TPSA) is 29.9 Å². The fourth-order valence-electron chi connectivity index (χ4n) is 2.00. The van der Waals surface area contributed by atoms with Crippen LogP contribution in [0.5, 0.6) is 0 Å². The number of halogens is 2. The summed E-state index contributed by atoms with van der Waals surface area (Å²) in [5, 5.41) is 8.24. The highest BCUT2D eigenvalue weighted by Crippen LogP contribution is 2.28. The zero-order valence-corrected chi connectivity index (χ0v) is 13.0. The smallest absolute Gasteiger partial charge is 0.123 e. The van der Waals surface area contributed by atoms with Crippen molar-refractivity contribution in [2.75, 3.05) is 12.3 Å². The molecule has 1 N–H and O–H groups in total. The van der Waals surface area contributed by atoms with E-state index in [1.54, 1.807) is 34.8 Å². The predicted molar refractivity (Wildman–Crippen MR) is 81.8 cm³/mol. The van der Waals surface area contributed by atoms with Gasteiger partial charge >= 0.3 is 0 Å². The molecule has 1 unspecified atom stereocenters. The van der Waals surface area contributed by atoms with Crippen molar-refractivity contribution in [3.63, 3.8) is 0 Å². The van der Waals surface area contributed by atoms with Crippen molar-refractivity contribution in [2.24, 2.45) is 7.05 Å². The number of nitrogens with zero attached hydrogens (tertiary/aromatic N) is 2. The molecule has 0 fully saturated rings. The fourth-order valence-corrected chi connectivity index (χ4v) is 3.26. The van der Waals surface area contributed by atoms with Gasteiger partial charge in [-0.05, 0) is 30.8 Å². The van der Waals surface area contributed by atoms with Gasteiger partial charge in [-0.25, -0.2) is 4.39 Å². The molecule has 0 aliphatic rings. The van der Waals surface area contributed by atoms with Gasteiger partial charge in [0.1, 0.15) is 5.82 Å². The number of rotatable bonds is 6. The summed E-state index contributed by atoms with van der Waals surface area (Å²) in [7, 11) is 1.88. The number of nitrogens with one attached hydrogen (secondary N) is 1. The quantitative estimate of drug-likeness (QED) is 0.826. The molecule has 0 bridgehead atoms. The summed E-state index contributed by atoms with van der Waals surface area (Å²) in [6, 6.07) is 6.63. The first-order valence-electron chi connectivity index (χ1n) is 6.41. The lowest BCUT2D eigenvalue weighted by molar-refractivity contribution is 0.553. The lowest BCUT2D eigenvalue weighted by Gasteiger charge is -2.18. The summed E-state index contributed by atoms with van der Waals surface area (Å²) >= 11 is 7.86. The zero-order chi connectivity index (χ0) is 14.5. The number of thioether (sulfide) groups is 1.